The van der Waals surface area contributed by atoms with Gasteiger partial charge in [0.05, 0.1) is 19.9 Å². The Hall–Kier alpha value is -1.88. The molecule has 0 aliphatic rings. The van der Waals surface area contributed by atoms with Crippen LogP contribution < -0.4 is 10.5 Å². The molecule has 0 aliphatic carbocycles. The third-order valence-electron chi connectivity index (χ3n) is 2.28. The normalized spacial score (nSPS) is 10.4. The zero-order valence-electron chi connectivity index (χ0n) is 9.13. The number of hydrogen-bond acceptors (Lipinski definition) is 4. The van der Waals surface area contributed by atoms with E-state index in [0.29, 0.717) is 19.0 Å². The number of nitrogens with two attached hydrogens (primary N) is 1. The van der Waals surface area contributed by atoms with Crippen LogP contribution in [0, 0.1) is 0 Å². The van der Waals surface area contributed by atoms with Crippen molar-refractivity contribution in [3.05, 3.63) is 41.9 Å². The molecule has 2 heterocycles. The van der Waals surface area contributed by atoms with Crippen LogP contribution in [0.2, 0.25) is 0 Å². The molecule has 2 N–H and O–H groups in total. The standard InChI is InChI=1S/C11H14N4O/c1-16-11-4-9(2-3-13-11)7-15-8-10(5-12)6-14-15/h2-4,6,8H,5,7,12H2,1H3. The number of methoxy groups -OCH3 is 1. The van der Waals surface area contributed by atoms with Crippen molar-refractivity contribution in [2.75, 3.05) is 7.11 Å². The van der Waals surface area contributed by atoms with Gasteiger partial charge >= 0.3 is 0 Å². The molecule has 16 heavy (non-hydrogen) atoms. The van der Waals surface area contributed by atoms with E-state index >= 15 is 0 Å². The third kappa shape index (κ3) is 2.38. The van der Waals surface area contributed by atoms with Gasteiger partial charge in [-0.15, -0.1) is 0 Å². The summed E-state index contributed by atoms with van der Waals surface area (Å²) in [4.78, 5) is 4.05. The average molecular weight is 218 g/mol. The molecule has 0 saturated carbocycles. The van der Waals surface area contributed by atoms with Crippen LogP contribution in [0.3, 0.4) is 0 Å². The van der Waals surface area contributed by atoms with E-state index in [1.807, 2.05) is 23.0 Å². The first-order valence-corrected chi connectivity index (χ1v) is 5.02. The molecule has 0 atom stereocenters. The number of ether oxygens (including phenoxy) is 1. The minimum atomic E-state index is 0.514. The second kappa shape index (κ2) is 4.76. The highest BCUT2D eigenvalue weighted by atomic mass is 16.5. The van der Waals surface area contributed by atoms with E-state index in [2.05, 4.69) is 10.1 Å². The predicted molar refractivity (Wildman–Crippen MR) is 60.0 cm³/mol. The van der Waals surface area contributed by atoms with Gasteiger partial charge in [-0.2, -0.15) is 5.10 Å². The minimum absolute atomic E-state index is 0.514. The molecule has 0 radical (unpaired) electrons. The molecular formula is C11H14N4O. The lowest BCUT2D eigenvalue weighted by molar-refractivity contribution is 0.397. The Labute approximate surface area is 93.9 Å². The van der Waals surface area contributed by atoms with Gasteiger partial charge in [0, 0.05) is 30.6 Å². The molecule has 0 amide bonds. The average Bonchev–Trinajstić information content (AvgIpc) is 2.77. The molecule has 2 rings (SSSR count). The van der Waals surface area contributed by atoms with Gasteiger partial charge < -0.3 is 10.5 Å². The first kappa shape index (κ1) is 10.6. The van der Waals surface area contributed by atoms with Gasteiger partial charge in [-0.25, -0.2) is 4.98 Å². The Bertz CT molecular complexity index is 467. The quantitative estimate of drug-likeness (QED) is 0.824. The van der Waals surface area contributed by atoms with Crippen LogP contribution in [0.4, 0.5) is 0 Å². The van der Waals surface area contributed by atoms with Crippen LogP contribution in [0.25, 0.3) is 0 Å². The number of nitrogens with zero attached hydrogens (tertiary/aromatic N) is 3. The molecule has 5 nitrogen and oxygen atoms in total. The first-order valence-electron chi connectivity index (χ1n) is 5.02. The molecule has 0 saturated heterocycles. The summed E-state index contributed by atoms with van der Waals surface area (Å²) in [6.45, 7) is 1.21. The topological polar surface area (TPSA) is 66.0 Å². The van der Waals surface area contributed by atoms with E-state index < -0.39 is 0 Å². The lowest BCUT2D eigenvalue weighted by atomic mass is 10.2. The van der Waals surface area contributed by atoms with Crippen molar-refractivity contribution >= 4 is 0 Å². The molecule has 0 aromatic carbocycles. The largest absolute Gasteiger partial charge is 0.481 e. The number of pyridine rings is 1. The van der Waals surface area contributed by atoms with Crippen LogP contribution in [0.5, 0.6) is 5.88 Å². The third-order valence-corrected chi connectivity index (χ3v) is 2.28. The molecule has 84 valence electrons. The van der Waals surface area contributed by atoms with Crippen molar-refractivity contribution in [2.45, 2.75) is 13.1 Å². The maximum absolute atomic E-state index is 5.52. The molecule has 0 spiro atoms. The fourth-order valence-electron chi connectivity index (χ4n) is 1.45. The van der Waals surface area contributed by atoms with Gasteiger partial charge in [0.15, 0.2) is 0 Å². The lowest BCUT2D eigenvalue weighted by Crippen LogP contribution is -2.01. The predicted octanol–water partition coefficient (Wildman–Crippen LogP) is 0.794. The summed E-state index contributed by atoms with van der Waals surface area (Å²) in [6.07, 6.45) is 5.44. The van der Waals surface area contributed by atoms with E-state index in [1.54, 1.807) is 19.5 Å². The molecule has 0 bridgehead atoms. The van der Waals surface area contributed by atoms with Gasteiger partial charge in [0.2, 0.25) is 5.88 Å². The van der Waals surface area contributed by atoms with Gasteiger partial charge in [0.25, 0.3) is 0 Å². The molecular weight excluding hydrogens is 204 g/mol. The lowest BCUT2D eigenvalue weighted by Gasteiger charge is -2.03. The maximum Gasteiger partial charge on any atom is 0.213 e. The summed E-state index contributed by atoms with van der Waals surface area (Å²) in [6, 6.07) is 3.83. The molecule has 2 aromatic heterocycles. The highest BCUT2D eigenvalue weighted by Crippen LogP contribution is 2.10. The Morgan fingerprint density at radius 3 is 3.00 bits per heavy atom. The second-order valence-corrected chi connectivity index (χ2v) is 3.46. The van der Waals surface area contributed by atoms with Crippen molar-refractivity contribution in [1.29, 1.82) is 0 Å². The second-order valence-electron chi connectivity index (χ2n) is 3.46. The van der Waals surface area contributed by atoms with Gasteiger partial charge in [0.1, 0.15) is 0 Å². The van der Waals surface area contributed by atoms with Crippen molar-refractivity contribution < 1.29 is 4.74 Å². The highest BCUT2D eigenvalue weighted by molar-refractivity contribution is 5.20. The molecule has 0 aliphatic heterocycles. The first-order chi connectivity index (χ1) is 7.81. The maximum atomic E-state index is 5.52. The van der Waals surface area contributed by atoms with E-state index in [9.17, 15) is 0 Å². The number of rotatable bonds is 4. The molecule has 2 aromatic rings. The zero-order valence-corrected chi connectivity index (χ0v) is 9.13. The van der Waals surface area contributed by atoms with Crippen LogP contribution in [0.15, 0.2) is 30.7 Å². The fourth-order valence-corrected chi connectivity index (χ4v) is 1.45. The van der Waals surface area contributed by atoms with Crippen molar-refractivity contribution in [2.24, 2.45) is 5.73 Å². The SMILES string of the molecule is COc1cc(Cn2cc(CN)cn2)ccn1. The van der Waals surface area contributed by atoms with E-state index in [-0.39, 0.29) is 0 Å². The summed E-state index contributed by atoms with van der Waals surface area (Å²) in [7, 11) is 1.60. The van der Waals surface area contributed by atoms with Crippen LogP contribution >= 0.6 is 0 Å². The van der Waals surface area contributed by atoms with Gasteiger partial charge in [-0.3, -0.25) is 4.68 Å². The Morgan fingerprint density at radius 1 is 1.44 bits per heavy atom. The van der Waals surface area contributed by atoms with Crippen molar-refractivity contribution in [1.82, 2.24) is 14.8 Å². The van der Waals surface area contributed by atoms with E-state index in [4.69, 9.17) is 10.5 Å². The minimum Gasteiger partial charge on any atom is -0.481 e. The van der Waals surface area contributed by atoms with Crippen LogP contribution in [0.1, 0.15) is 11.1 Å². The Kier molecular flexibility index (Phi) is 3.16. The Morgan fingerprint density at radius 2 is 2.31 bits per heavy atom. The van der Waals surface area contributed by atoms with Crippen molar-refractivity contribution in [3.8, 4) is 5.88 Å². The van der Waals surface area contributed by atoms with Crippen LogP contribution in [-0.2, 0) is 13.1 Å². The summed E-state index contributed by atoms with van der Waals surface area (Å²) in [5.74, 6) is 0.615. The summed E-state index contributed by atoms with van der Waals surface area (Å²) in [5.41, 5.74) is 7.64. The summed E-state index contributed by atoms with van der Waals surface area (Å²) >= 11 is 0. The number of hydrogen-bond donors (Lipinski definition) is 1. The van der Waals surface area contributed by atoms with Gasteiger partial charge in [-0.1, -0.05) is 0 Å². The zero-order chi connectivity index (χ0) is 11.4. The molecule has 5 heteroatoms. The highest BCUT2D eigenvalue weighted by Gasteiger charge is 2.00. The fraction of sp³-hybridized carbons (Fsp3) is 0.273. The molecule has 0 unspecified atom stereocenters. The summed E-state index contributed by atoms with van der Waals surface area (Å²) < 4.78 is 6.90. The van der Waals surface area contributed by atoms with Gasteiger partial charge in [-0.05, 0) is 11.6 Å². The van der Waals surface area contributed by atoms with Crippen LogP contribution in [-0.4, -0.2) is 21.9 Å². The van der Waals surface area contributed by atoms with Crippen molar-refractivity contribution in [3.63, 3.8) is 0 Å². The monoisotopic (exact) mass is 218 g/mol. The van der Waals surface area contributed by atoms with E-state index in [1.165, 1.54) is 0 Å². The Balaban J connectivity index is 2.13. The smallest absolute Gasteiger partial charge is 0.213 e. The summed E-state index contributed by atoms with van der Waals surface area (Å²) in [5, 5.41) is 4.21. The van der Waals surface area contributed by atoms with E-state index in [0.717, 1.165) is 11.1 Å². The number of aromatic nitrogens is 3. The molecule has 0 fully saturated rings.